The fourth-order valence-corrected chi connectivity index (χ4v) is 5.87. The van der Waals surface area contributed by atoms with Crippen LogP contribution >= 0.6 is 0 Å². The number of ether oxygens (including phenoxy) is 1. The Morgan fingerprint density at radius 3 is 2.24 bits per heavy atom. The summed E-state index contributed by atoms with van der Waals surface area (Å²) in [6, 6.07) is 17.1. The summed E-state index contributed by atoms with van der Waals surface area (Å²) < 4.78 is 5.33. The number of likely N-dealkylation sites (tertiary alicyclic amines) is 1. The third-order valence-corrected chi connectivity index (χ3v) is 8.12. The van der Waals surface area contributed by atoms with Crippen LogP contribution in [0, 0.1) is 0 Å². The Balaban J connectivity index is 1.44. The molecule has 41 heavy (non-hydrogen) atoms. The van der Waals surface area contributed by atoms with Gasteiger partial charge in [0.1, 0.15) is 17.2 Å². The highest BCUT2D eigenvalue weighted by Gasteiger charge is 2.46. The molecule has 1 fully saturated rings. The molecule has 2 aromatic carbocycles. The molecule has 2 N–H and O–H groups in total. The molecule has 1 spiro atoms. The van der Waals surface area contributed by atoms with Gasteiger partial charge in [0.2, 0.25) is 11.8 Å². The second-order valence-electron chi connectivity index (χ2n) is 12.9. The number of nitrogens with one attached hydrogen (secondary N) is 2. The van der Waals surface area contributed by atoms with Gasteiger partial charge < -0.3 is 20.3 Å². The summed E-state index contributed by atoms with van der Waals surface area (Å²) in [6.45, 7) is 9.49. The zero-order chi connectivity index (χ0) is 29.8. The number of hydrogen-bond acceptors (Lipinski definition) is 5. The molecule has 8 nitrogen and oxygen atoms in total. The van der Waals surface area contributed by atoms with E-state index in [0.29, 0.717) is 45.2 Å². The van der Waals surface area contributed by atoms with Gasteiger partial charge in [0, 0.05) is 30.5 Å². The van der Waals surface area contributed by atoms with Crippen molar-refractivity contribution >= 4 is 23.7 Å². The van der Waals surface area contributed by atoms with Crippen molar-refractivity contribution in [1.29, 1.82) is 0 Å². The summed E-state index contributed by atoms with van der Waals surface area (Å²) in [5.74, 6) is -0.414. The van der Waals surface area contributed by atoms with Crippen molar-refractivity contribution in [2.45, 2.75) is 95.7 Å². The number of amides is 3. The van der Waals surface area contributed by atoms with Crippen LogP contribution in [0.25, 0.3) is 0 Å². The maximum Gasteiger partial charge on any atom is 0.408 e. The molecule has 0 radical (unpaired) electrons. The van der Waals surface area contributed by atoms with Crippen LogP contribution in [-0.2, 0) is 26.2 Å². The van der Waals surface area contributed by atoms with Crippen molar-refractivity contribution < 1.29 is 23.9 Å². The molecule has 1 atom stereocenters. The van der Waals surface area contributed by atoms with Gasteiger partial charge in [0.25, 0.3) is 0 Å². The van der Waals surface area contributed by atoms with Crippen molar-refractivity contribution in [2.24, 2.45) is 0 Å². The molecule has 0 aromatic heterocycles. The summed E-state index contributed by atoms with van der Waals surface area (Å²) >= 11 is 0. The number of nitrogens with zero attached hydrogens (tertiary/aromatic N) is 1. The molecule has 1 heterocycles. The van der Waals surface area contributed by atoms with Crippen LogP contribution in [0.15, 0.2) is 54.6 Å². The third-order valence-electron chi connectivity index (χ3n) is 8.12. The fraction of sp³-hybridized carbons (Fsp3) is 0.515. The van der Waals surface area contributed by atoms with E-state index in [1.807, 2.05) is 59.5 Å². The number of rotatable bonds is 8. The molecule has 2 aliphatic rings. The monoisotopic (exact) mass is 561 g/mol. The molecule has 3 amide bonds. The molecule has 1 aliphatic heterocycles. The highest BCUT2D eigenvalue weighted by atomic mass is 16.6. The van der Waals surface area contributed by atoms with E-state index in [0.717, 1.165) is 17.5 Å². The Kier molecular flexibility index (Phi) is 8.90. The molecule has 2 aromatic rings. The predicted molar refractivity (Wildman–Crippen MR) is 158 cm³/mol. The number of Topliss-reactive ketones (excluding diaryl/α,β-unsaturated/α-hetero) is 1. The topological polar surface area (TPSA) is 105 Å². The highest BCUT2D eigenvalue weighted by molar-refractivity contribution is 6.02. The minimum absolute atomic E-state index is 0.132. The van der Waals surface area contributed by atoms with Crippen molar-refractivity contribution in [3.8, 4) is 0 Å². The largest absolute Gasteiger partial charge is 0.444 e. The lowest BCUT2D eigenvalue weighted by Gasteiger charge is -2.41. The van der Waals surface area contributed by atoms with Crippen LogP contribution in [0.1, 0.15) is 88.2 Å². The number of benzene rings is 2. The van der Waals surface area contributed by atoms with Gasteiger partial charge in [0.05, 0.1) is 0 Å². The van der Waals surface area contributed by atoms with Gasteiger partial charge in [-0.2, -0.15) is 0 Å². The van der Waals surface area contributed by atoms with E-state index in [1.54, 1.807) is 34.6 Å². The Hall–Kier alpha value is -3.68. The van der Waals surface area contributed by atoms with Crippen LogP contribution in [0.3, 0.4) is 0 Å². The number of aryl methyl sites for hydroxylation is 1. The van der Waals surface area contributed by atoms with Gasteiger partial charge in [-0.1, -0.05) is 54.6 Å². The van der Waals surface area contributed by atoms with Gasteiger partial charge in [0.15, 0.2) is 5.78 Å². The average Bonchev–Trinajstić information content (AvgIpc) is 3.18. The Morgan fingerprint density at radius 1 is 0.951 bits per heavy atom. The summed E-state index contributed by atoms with van der Waals surface area (Å²) in [7, 11) is 0. The van der Waals surface area contributed by atoms with Crippen LogP contribution in [-0.4, -0.2) is 58.9 Å². The average molecular weight is 562 g/mol. The van der Waals surface area contributed by atoms with Crippen LogP contribution in [0.4, 0.5) is 4.79 Å². The lowest BCUT2D eigenvalue weighted by molar-refractivity contribution is -0.139. The van der Waals surface area contributed by atoms with E-state index in [9.17, 15) is 19.2 Å². The molecule has 0 bridgehead atoms. The van der Waals surface area contributed by atoms with Gasteiger partial charge in [-0.15, -0.1) is 0 Å². The number of hydrogen-bond donors (Lipinski definition) is 2. The number of alkyl carbamates (subject to hydrolysis) is 1. The lowest BCUT2D eigenvalue weighted by atomic mass is 9.73. The Labute approximate surface area is 243 Å². The molecule has 1 aliphatic carbocycles. The zero-order valence-electron chi connectivity index (χ0n) is 24.9. The van der Waals surface area contributed by atoms with Crippen molar-refractivity contribution in [1.82, 2.24) is 15.5 Å². The first-order valence-electron chi connectivity index (χ1n) is 14.6. The molecule has 8 heteroatoms. The van der Waals surface area contributed by atoms with E-state index in [4.69, 9.17) is 4.74 Å². The van der Waals surface area contributed by atoms with Crippen LogP contribution in [0.5, 0.6) is 0 Å². The van der Waals surface area contributed by atoms with Crippen LogP contribution < -0.4 is 10.6 Å². The molecule has 0 unspecified atom stereocenters. The lowest BCUT2D eigenvalue weighted by Crippen LogP contribution is -2.60. The molecular formula is C33H43N3O5. The quantitative estimate of drug-likeness (QED) is 0.475. The zero-order valence-corrected chi connectivity index (χ0v) is 24.9. The van der Waals surface area contributed by atoms with Gasteiger partial charge >= 0.3 is 6.09 Å². The van der Waals surface area contributed by atoms with E-state index in [2.05, 4.69) is 10.6 Å². The molecule has 4 rings (SSSR count). The van der Waals surface area contributed by atoms with Crippen LogP contribution in [0.2, 0.25) is 0 Å². The maximum atomic E-state index is 13.9. The molecular weight excluding hydrogens is 518 g/mol. The predicted octanol–water partition coefficient (Wildman–Crippen LogP) is 4.94. The minimum atomic E-state index is -1.29. The minimum Gasteiger partial charge on any atom is -0.444 e. The van der Waals surface area contributed by atoms with Crippen molar-refractivity contribution in [3.63, 3.8) is 0 Å². The first-order valence-corrected chi connectivity index (χ1v) is 14.6. The maximum absolute atomic E-state index is 13.9. The van der Waals surface area contributed by atoms with Crippen molar-refractivity contribution in [2.75, 3.05) is 13.1 Å². The Morgan fingerprint density at radius 2 is 1.59 bits per heavy atom. The van der Waals surface area contributed by atoms with E-state index >= 15 is 0 Å². The Bertz CT molecular complexity index is 1270. The van der Waals surface area contributed by atoms with E-state index < -0.39 is 29.2 Å². The number of fused-ring (bicyclic) bond motifs is 2. The normalized spacial score (nSPS) is 17.1. The first kappa shape index (κ1) is 30.3. The second kappa shape index (κ2) is 12.0. The number of carbonyl (C=O) groups is 4. The molecule has 1 saturated heterocycles. The molecule has 220 valence electrons. The summed E-state index contributed by atoms with van der Waals surface area (Å²) in [4.78, 5) is 54.2. The number of piperidine rings is 1. The summed E-state index contributed by atoms with van der Waals surface area (Å²) in [6.07, 6.45) is 3.15. The van der Waals surface area contributed by atoms with E-state index in [-0.39, 0.29) is 17.1 Å². The fourth-order valence-electron chi connectivity index (χ4n) is 5.87. The number of ketones is 1. The van der Waals surface area contributed by atoms with Crippen molar-refractivity contribution in [3.05, 3.63) is 71.3 Å². The first-order chi connectivity index (χ1) is 19.3. The summed E-state index contributed by atoms with van der Waals surface area (Å²) in [5, 5.41) is 5.57. The second-order valence-corrected chi connectivity index (χ2v) is 12.9. The highest BCUT2D eigenvalue weighted by Crippen LogP contribution is 2.46. The molecule has 0 saturated carbocycles. The van der Waals surface area contributed by atoms with Gasteiger partial charge in [-0.05, 0) is 77.8 Å². The van der Waals surface area contributed by atoms with E-state index in [1.165, 1.54) is 5.56 Å². The third kappa shape index (κ3) is 7.34. The smallest absolute Gasteiger partial charge is 0.408 e. The number of carbonyl (C=O) groups excluding carboxylic acids is 4. The van der Waals surface area contributed by atoms with Gasteiger partial charge in [-0.3, -0.25) is 14.4 Å². The van der Waals surface area contributed by atoms with Gasteiger partial charge in [-0.25, -0.2) is 4.79 Å². The standard InChI is InChI=1S/C33H43N3O5/c1-31(2,3)41-30(40)35-32(4,5)29(39)34-26(17-11-14-23-12-7-6-8-13-23)28(38)36-20-18-33(19-21-36)22-27(37)24-15-9-10-16-25(24)33/h6-10,12-13,15-16,26H,11,14,17-22H2,1-5H3,(H,34,39)(H,35,40)/t26-/m1/s1. The summed E-state index contributed by atoms with van der Waals surface area (Å²) in [5.41, 5.74) is 0.845. The SMILES string of the molecule is CC(C)(C)OC(=O)NC(C)(C)C(=O)N[C@H](CCCc1ccccc1)C(=O)N1CCC2(CC1)CC(=O)c1ccccc12.